The largest absolute Gasteiger partial charge is 0.349 e. The molecule has 2 atom stereocenters. The third kappa shape index (κ3) is 4.48. The van der Waals surface area contributed by atoms with E-state index < -0.39 is 0 Å². The van der Waals surface area contributed by atoms with Crippen molar-refractivity contribution in [1.82, 2.24) is 5.32 Å². The quantitative estimate of drug-likeness (QED) is 0.779. The Hall–Kier alpha value is -2.06. The van der Waals surface area contributed by atoms with Gasteiger partial charge in [0.1, 0.15) is 0 Å². The van der Waals surface area contributed by atoms with Gasteiger partial charge in [-0.05, 0) is 49.0 Å². The van der Waals surface area contributed by atoms with Crippen molar-refractivity contribution in [2.75, 3.05) is 0 Å². The Balaban J connectivity index is 1.65. The average molecular weight is 340 g/mol. The lowest BCUT2D eigenvalue weighted by Crippen LogP contribution is -2.37. The molecule has 0 saturated heterocycles. The van der Waals surface area contributed by atoms with Crippen LogP contribution in [0.4, 0.5) is 0 Å². The van der Waals surface area contributed by atoms with Crippen LogP contribution in [0, 0.1) is 0 Å². The number of carbonyl (C=O) groups excluding carboxylic acids is 1. The zero-order valence-corrected chi connectivity index (χ0v) is 14.4. The maximum atomic E-state index is 12.3. The molecular weight excluding hydrogens is 318 g/mol. The van der Waals surface area contributed by atoms with Crippen molar-refractivity contribution in [3.8, 4) is 0 Å². The van der Waals surface area contributed by atoms with Crippen LogP contribution >= 0.6 is 11.6 Å². The molecule has 0 radical (unpaired) electrons. The molecule has 3 rings (SSSR count). The number of hydrogen-bond donors (Lipinski definition) is 1. The van der Waals surface area contributed by atoms with Crippen LogP contribution in [0.25, 0.3) is 5.57 Å². The van der Waals surface area contributed by atoms with Crippen molar-refractivity contribution in [2.45, 2.75) is 37.1 Å². The van der Waals surface area contributed by atoms with E-state index in [4.69, 9.17) is 11.6 Å². The Morgan fingerprint density at radius 3 is 2.38 bits per heavy atom. The number of halogens is 1. The standard InChI is InChI=1S/C21H22ClNO/c22-19-14-18(16-8-3-1-4-9-16)12-7-13-20(15-19)23-21(24)17-10-5-2-6-11-17/h1-6,8-12,19-20H,7,13-15H2,(H,23,24)/b18-12+. The number of rotatable bonds is 3. The molecule has 0 aromatic heterocycles. The number of nitrogens with one attached hydrogen (secondary N) is 1. The molecule has 1 aliphatic rings. The van der Waals surface area contributed by atoms with E-state index in [1.807, 2.05) is 36.4 Å². The van der Waals surface area contributed by atoms with Gasteiger partial charge in [0, 0.05) is 17.0 Å². The summed E-state index contributed by atoms with van der Waals surface area (Å²) in [7, 11) is 0. The van der Waals surface area contributed by atoms with Crippen molar-refractivity contribution < 1.29 is 4.79 Å². The highest BCUT2D eigenvalue weighted by molar-refractivity contribution is 6.21. The number of benzene rings is 2. The van der Waals surface area contributed by atoms with Crippen LogP contribution in [0.3, 0.4) is 0 Å². The molecule has 0 aliphatic heterocycles. The van der Waals surface area contributed by atoms with E-state index in [2.05, 4.69) is 35.7 Å². The fourth-order valence-corrected chi connectivity index (χ4v) is 3.55. The van der Waals surface area contributed by atoms with Crippen LogP contribution < -0.4 is 5.32 Å². The number of hydrogen-bond acceptors (Lipinski definition) is 1. The van der Waals surface area contributed by atoms with E-state index in [1.165, 1.54) is 11.1 Å². The van der Waals surface area contributed by atoms with Crippen LogP contribution in [0.2, 0.25) is 0 Å². The monoisotopic (exact) mass is 339 g/mol. The zero-order valence-electron chi connectivity index (χ0n) is 13.6. The van der Waals surface area contributed by atoms with Crippen LogP contribution in [0.15, 0.2) is 66.7 Å². The molecule has 3 heteroatoms. The number of carbonyl (C=O) groups is 1. The average Bonchev–Trinajstić information content (AvgIpc) is 2.60. The highest BCUT2D eigenvalue weighted by atomic mass is 35.5. The van der Waals surface area contributed by atoms with E-state index in [1.54, 1.807) is 0 Å². The maximum absolute atomic E-state index is 12.3. The van der Waals surface area contributed by atoms with Gasteiger partial charge in [0.25, 0.3) is 5.91 Å². The van der Waals surface area contributed by atoms with E-state index in [-0.39, 0.29) is 17.3 Å². The Kier molecular flexibility index (Phi) is 5.71. The number of allylic oxidation sites excluding steroid dienone is 2. The van der Waals surface area contributed by atoms with E-state index >= 15 is 0 Å². The zero-order chi connectivity index (χ0) is 16.8. The number of amides is 1. The summed E-state index contributed by atoms with van der Waals surface area (Å²) in [5, 5.41) is 3.16. The van der Waals surface area contributed by atoms with Crippen LogP contribution in [0.5, 0.6) is 0 Å². The lowest BCUT2D eigenvalue weighted by Gasteiger charge is -2.24. The summed E-state index contributed by atoms with van der Waals surface area (Å²) in [6.07, 6.45) is 5.77. The molecule has 0 bridgehead atoms. The van der Waals surface area contributed by atoms with Crippen molar-refractivity contribution >= 4 is 23.1 Å². The molecule has 1 N–H and O–H groups in total. The minimum atomic E-state index is -0.0164. The fraction of sp³-hybridized carbons (Fsp3) is 0.286. The molecule has 24 heavy (non-hydrogen) atoms. The van der Waals surface area contributed by atoms with Gasteiger partial charge in [-0.1, -0.05) is 54.6 Å². The Morgan fingerprint density at radius 2 is 1.67 bits per heavy atom. The first-order valence-corrected chi connectivity index (χ1v) is 8.90. The van der Waals surface area contributed by atoms with Gasteiger partial charge in [0.05, 0.1) is 0 Å². The molecule has 0 fully saturated rings. The predicted molar refractivity (Wildman–Crippen MR) is 100 cm³/mol. The molecular formula is C21H22ClNO. The molecule has 0 spiro atoms. The first-order valence-electron chi connectivity index (χ1n) is 8.47. The van der Waals surface area contributed by atoms with Gasteiger partial charge < -0.3 is 5.32 Å². The second-order valence-corrected chi connectivity index (χ2v) is 6.86. The SMILES string of the molecule is O=C(NC1CC/C=C(/c2ccccc2)CC(Cl)C1)c1ccccc1. The molecule has 2 unspecified atom stereocenters. The maximum Gasteiger partial charge on any atom is 0.251 e. The van der Waals surface area contributed by atoms with Gasteiger partial charge in [-0.3, -0.25) is 4.79 Å². The summed E-state index contributed by atoms with van der Waals surface area (Å²) in [5.41, 5.74) is 3.25. The lowest BCUT2D eigenvalue weighted by atomic mass is 9.92. The van der Waals surface area contributed by atoms with Gasteiger partial charge >= 0.3 is 0 Å². The topological polar surface area (TPSA) is 29.1 Å². The summed E-state index contributed by atoms with van der Waals surface area (Å²) < 4.78 is 0. The molecule has 1 amide bonds. The highest BCUT2D eigenvalue weighted by Crippen LogP contribution is 2.28. The van der Waals surface area contributed by atoms with Crippen molar-refractivity contribution in [3.05, 3.63) is 77.9 Å². The molecule has 0 heterocycles. The molecule has 2 aromatic rings. The minimum Gasteiger partial charge on any atom is -0.349 e. The highest BCUT2D eigenvalue weighted by Gasteiger charge is 2.21. The lowest BCUT2D eigenvalue weighted by molar-refractivity contribution is 0.0933. The Morgan fingerprint density at radius 1 is 1.00 bits per heavy atom. The first-order chi connectivity index (χ1) is 11.7. The van der Waals surface area contributed by atoms with Crippen molar-refractivity contribution in [1.29, 1.82) is 0 Å². The second kappa shape index (κ2) is 8.16. The van der Waals surface area contributed by atoms with Crippen molar-refractivity contribution in [2.24, 2.45) is 0 Å². The minimum absolute atomic E-state index is 0.0164. The summed E-state index contributed by atoms with van der Waals surface area (Å²) in [4.78, 5) is 12.3. The first kappa shape index (κ1) is 16.8. The van der Waals surface area contributed by atoms with E-state index in [0.29, 0.717) is 5.56 Å². The second-order valence-electron chi connectivity index (χ2n) is 6.25. The normalized spacial score (nSPS) is 23.5. The third-order valence-electron chi connectivity index (χ3n) is 4.40. The molecule has 124 valence electrons. The van der Waals surface area contributed by atoms with E-state index in [0.717, 1.165) is 25.7 Å². The van der Waals surface area contributed by atoms with Gasteiger partial charge in [0.2, 0.25) is 0 Å². The molecule has 0 saturated carbocycles. The third-order valence-corrected chi connectivity index (χ3v) is 4.74. The Bertz CT molecular complexity index is 696. The molecule has 2 aromatic carbocycles. The molecule has 1 aliphatic carbocycles. The summed E-state index contributed by atoms with van der Waals surface area (Å²) in [5.74, 6) is -0.0164. The number of alkyl halides is 1. The smallest absolute Gasteiger partial charge is 0.251 e. The van der Waals surface area contributed by atoms with Gasteiger partial charge in [-0.2, -0.15) is 0 Å². The van der Waals surface area contributed by atoms with Crippen LogP contribution in [-0.4, -0.2) is 17.3 Å². The predicted octanol–water partition coefficient (Wildman–Crippen LogP) is 5.05. The van der Waals surface area contributed by atoms with Crippen LogP contribution in [-0.2, 0) is 0 Å². The summed E-state index contributed by atoms with van der Waals surface area (Å²) in [6, 6.07) is 19.9. The van der Waals surface area contributed by atoms with Crippen LogP contribution in [0.1, 0.15) is 41.6 Å². The van der Waals surface area contributed by atoms with Crippen molar-refractivity contribution in [3.63, 3.8) is 0 Å². The summed E-state index contributed by atoms with van der Waals surface area (Å²) >= 11 is 6.57. The summed E-state index contributed by atoms with van der Waals surface area (Å²) in [6.45, 7) is 0. The van der Waals surface area contributed by atoms with Gasteiger partial charge in [-0.25, -0.2) is 0 Å². The fourth-order valence-electron chi connectivity index (χ4n) is 3.17. The van der Waals surface area contributed by atoms with E-state index in [9.17, 15) is 4.79 Å². The molecule has 2 nitrogen and oxygen atoms in total. The van der Waals surface area contributed by atoms with Gasteiger partial charge in [0.15, 0.2) is 0 Å². The Labute approximate surface area is 148 Å². The van der Waals surface area contributed by atoms with Gasteiger partial charge in [-0.15, -0.1) is 11.6 Å².